The summed E-state index contributed by atoms with van der Waals surface area (Å²) in [6.07, 6.45) is 1.43. The molecule has 0 atom stereocenters. The zero-order chi connectivity index (χ0) is 13.1. The maximum atomic E-state index is 5.93. The minimum absolute atomic E-state index is 0.377. The number of rotatable bonds is 4. The molecule has 0 radical (unpaired) electrons. The minimum Gasteiger partial charge on any atom is -0.479 e. The third-order valence-electron chi connectivity index (χ3n) is 2.57. The summed E-state index contributed by atoms with van der Waals surface area (Å²) >= 11 is 0. The van der Waals surface area contributed by atoms with Crippen molar-refractivity contribution in [3.05, 3.63) is 30.0 Å². The number of furan rings is 1. The van der Waals surface area contributed by atoms with E-state index in [4.69, 9.17) is 14.9 Å². The Morgan fingerprint density at radius 2 is 2.17 bits per heavy atom. The van der Waals surface area contributed by atoms with Crippen LogP contribution in [0.1, 0.15) is 11.5 Å². The molecule has 6 nitrogen and oxygen atoms in total. The van der Waals surface area contributed by atoms with Gasteiger partial charge in [0.2, 0.25) is 5.88 Å². The molecule has 0 aliphatic heterocycles. The zero-order valence-corrected chi connectivity index (χ0v) is 10.7. The average Bonchev–Trinajstić information content (AvgIpc) is 2.75. The number of methoxy groups -OCH3 is 1. The van der Waals surface area contributed by atoms with E-state index in [-0.39, 0.29) is 0 Å². The SMILES string of the molecule is COc1ncnc(N(C)Cc2ccc(C)o2)c1N. The van der Waals surface area contributed by atoms with Gasteiger partial charge in [-0.2, -0.15) is 4.98 Å². The molecule has 96 valence electrons. The van der Waals surface area contributed by atoms with Gasteiger partial charge in [0, 0.05) is 7.05 Å². The normalized spacial score (nSPS) is 10.4. The van der Waals surface area contributed by atoms with Gasteiger partial charge in [-0.25, -0.2) is 4.98 Å². The van der Waals surface area contributed by atoms with Gasteiger partial charge in [-0.1, -0.05) is 0 Å². The second-order valence-corrected chi connectivity index (χ2v) is 3.99. The number of aryl methyl sites for hydroxylation is 1. The molecule has 0 bridgehead atoms. The van der Waals surface area contributed by atoms with Crippen molar-refractivity contribution in [2.24, 2.45) is 0 Å². The van der Waals surface area contributed by atoms with Gasteiger partial charge in [0.05, 0.1) is 13.7 Å². The summed E-state index contributed by atoms with van der Waals surface area (Å²) in [4.78, 5) is 9.99. The molecule has 2 heterocycles. The highest BCUT2D eigenvalue weighted by atomic mass is 16.5. The molecule has 2 rings (SSSR count). The number of nitrogens with two attached hydrogens (primary N) is 1. The van der Waals surface area contributed by atoms with Crippen LogP contribution in [-0.4, -0.2) is 24.1 Å². The van der Waals surface area contributed by atoms with Gasteiger partial charge < -0.3 is 19.8 Å². The molecule has 2 N–H and O–H groups in total. The third-order valence-corrected chi connectivity index (χ3v) is 2.57. The lowest BCUT2D eigenvalue weighted by atomic mass is 10.3. The first-order valence-electron chi connectivity index (χ1n) is 5.52. The molecule has 18 heavy (non-hydrogen) atoms. The molecule has 0 fully saturated rings. The topological polar surface area (TPSA) is 77.4 Å². The van der Waals surface area contributed by atoms with Crippen LogP contribution in [0.2, 0.25) is 0 Å². The van der Waals surface area contributed by atoms with E-state index in [1.165, 1.54) is 13.4 Å². The standard InChI is InChI=1S/C12H16N4O2/c1-8-4-5-9(18-8)6-16(2)11-10(13)12(17-3)15-7-14-11/h4-5,7H,6,13H2,1-3H3. The van der Waals surface area contributed by atoms with Gasteiger partial charge in [-0.3, -0.25) is 0 Å². The van der Waals surface area contributed by atoms with Crippen molar-refractivity contribution in [1.82, 2.24) is 9.97 Å². The van der Waals surface area contributed by atoms with Crippen molar-refractivity contribution < 1.29 is 9.15 Å². The molecule has 2 aromatic rings. The predicted octanol–water partition coefficient (Wildman–Crippen LogP) is 1.61. The summed E-state index contributed by atoms with van der Waals surface area (Å²) in [5.74, 6) is 2.73. The molecule has 6 heteroatoms. The highest BCUT2D eigenvalue weighted by Crippen LogP contribution is 2.27. The highest BCUT2D eigenvalue weighted by molar-refractivity contribution is 5.67. The van der Waals surface area contributed by atoms with E-state index in [1.54, 1.807) is 0 Å². The molecule has 0 saturated carbocycles. The van der Waals surface area contributed by atoms with E-state index in [0.717, 1.165) is 11.5 Å². The molecular formula is C12H16N4O2. The Balaban J connectivity index is 2.21. The van der Waals surface area contributed by atoms with E-state index in [1.807, 2.05) is 31.0 Å². The fraction of sp³-hybridized carbons (Fsp3) is 0.333. The summed E-state index contributed by atoms with van der Waals surface area (Å²) in [6, 6.07) is 3.85. The van der Waals surface area contributed by atoms with Gasteiger partial charge in [-0.05, 0) is 19.1 Å². The summed E-state index contributed by atoms with van der Waals surface area (Å²) in [7, 11) is 3.41. The van der Waals surface area contributed by atoms with E-state index in [9.17, 15) is 0 Å². The molecule has 0 amide bonds. The zero-order valence-electron chi connectivity index (χ0n) is 10.7. The third kappa shape index (κ3) is 2.37. The van der Waals surface area contributed by atoms with Crippen LogP contribution < -0.4 is 15.4 Å². The first kappa shape index (κ1) is 12.2. The van der Waals surface area contributed by atoms with Crippen molar-refractivity contribution in [3.63, 3.8) is 0 Å². The van der Waals surface area contributed by atoms with E-state index >= 15 is 0 Å². The summed E-state index contributed by atoms with van der Waals surface area (Å²) in [5, 5.41) is 0. The predicted molar refractivity (Wildman–Crippen MR) is 68.5 cm³/mol. The number of hydrogen-bond donors (Lipinski definition) is 1. The number of hydrogen-bond acceptors (Lipinski definition) is 6. The van der Waals surface area contributed by atoms with Crippen LogP contribution in [-0.2, 0) is 6.54 Å². The average molecular weight is 248 g/mol. The van der Waals surface area contributed by atoms with Crippen LogP contribution in [0.3, 0.4) is 0 Å². The quantitative estimate of drug-likeness (QED) is 0.885. The highest BCUT2D eigenvalue weighted by Gasteiger charge is 2.13. The fourth-order valence-electron chi connectivity index (χ4n) is 1.72. The van der Waals surface area contributed by atoms with E-state index in [2.05, 4.69) is 9.97 Å². The second kappa shape index (κ2) is 4.95. The van der Waals surface area contributed by atoms with Gasteiger partial charge in [0.1, 0.15) is 23.5 Å². The molecule has 2 aromatic heterocycles. The summed E-state index contributed by atoms with van der Waals surface area (Å²) in [5.41, 5.74) is 6.35. The van der Waals surface area contributed by atoms with Crippen molar-refractivity contribution in [3.8, 4) is 5.88 Å². The fourth-order valence-corrected chi connectivity index (χ4v) is 1.72. The number of aromatic nitrogens is 2. The molecular weight excluding hydrogens is 232 g/mol. The van der Waals surface area contributed by atoms with Crippen LogP contribution in [0, 0.1) is 6.92 Å². The first-order valence-corrected chi connectivity index (χ1v) is 5.52. The Kier molecular flexibility index (Phi) is 3.36. The van der Waals surface area contributed by atoms with Crippen molar-refractivity contribution >= 4 is 11.5 Å². The molecule has 0 unspecified atom stereocenters. The van der Waals surface area contributed by atoms with Gasteiger partial charge in [-0.15, -0.1) is 0 Å². The van der Waals surface area contributed by atoms with E-state index in [0.29, 0.717) is 23.9 Å². The number of nitrogens with zero attached hydrogens (tertiary/aromatic N) is 3. The Bertz CT molecular complexity index is 539. The van der Waals surface area contributed by atoms with Crippen molar-refractivity contribution in [2.45, 2.75) is 13.5 Å². The van der Waals surface area contributed by atoms with Crippen LogP contribution in [0.25, 0.3) is 0 Å². The van der Waals surface area contributed by atoms with Crippen molar-refractivity contribution in [1.29, 1.82) is 0 Å². The van der Waals surface area contributed by atoms with Crippen LogP contribution in [0.15, 0.2) is 22.9 Å². The maximum absolute atomic E-state index is 5.93. The molecule has 0 aromatic carbocycles. The molecule has 0 aliphatic rings. The molecule has 0 spiro atoms. The second-order valence-electron chi connectivity index (χ2n) is 3.99. The summed E-state index contributed by atoms with van der Waals surface area (Å²) < 4.78 is 10.6. The van der Waals surface area contributed by atoms with Crippen LogP contribution in [0.5, 0.6) is 5.88 Å². The molecule has 0 saturated heterocycles. The van der Waals surface area contributed by atoms with Gasteiger partial charge in [0.15, 0.2) is 5.82 Å². The Hall–Kier alpha value is -2.24. The Morgan fingerprint density at radius 1 is 1.39 bits per heavy atom. The number of anilines is 2. The smallest absolute Gasteiger partial charge is 0.242 e. The maximum Gasteiger partial charge on any atom is 0.242 e. The molecule has 0 aliphatic carbocycles. The van der Waals surface area contributed by atoms with Gasteiger partial charge in [0.25, 0.3) is 0 Å². The summed E-state index contributed by atoms with van der Waals surface area (Å²) in [6.45, 7) is 2.49. The van der Waals surface area contributed by atoms with E-state index < -0.39 is 0 Å². The van der Waals surface area contributed by atoms with Crippen LogP contribution in [0.4, 0.5) is 11.5 Å². The first-order chi connectivity index (χ1) is 8.61. The minimum atomic E-state index is 0.377. The lowest BCUT2D eigenvalue weighted by Gasteiger charge is -2.18. The largest absolute Gasteiger partial charge is 0.479 e. The lowest BCUT2D eigenvalue weighted by Crippen LogP contribution is -2.19. The number of nitrogen functional groups attached to an aromatic ring is 1. The Labute approximate surface area is 105 Å². The monoisotopic (exact) mass is 248 g/mol. The van der Waals surface area contributed by atoms with Crippen LogP contribution >= 0.6 is 0 Å². The number of ether oxygens (including phenoxy) is 1. The van der Waals surface area contributed by atoms with Gasteiger partial charge >= 0.3 is 0 Å². The Morgan fingerprint density at radius 3 is 2.78 bits per heavy atom. The lowest BCUT2D eigenvalue weighted by molar-refractivity contribution is 0.399. The van der Waals surface area contributed by atoms with Crippen molar-refractivity contribution in [2.75, 3.05) is 24.8 Å².